The highest BCUT2D eigenvalue weighted by atomic mass is 35.5. The molecule has 20 heavy (non-hydrogen) atoms. The fourth-order valence-electron chi connectivity index (χ4n) is 1.70. The summed E-state index contributed by atoms with van der Waals surface area (Å²) in [4.78, 5) is 12.2. The molecular weight excluding hydrogens is 282 g/mol. The molecule has 0 radical (unpaired) electrons. The molecule has 6 heteroatoms. The Bertz CT molecular complexity index is 403. The maximum Gasteiger partial charge on any atom is 0.258 e. The van der Waals surface area contributed by atoms with Crippen LogP contribution >= 0.6 is 11.6 Å². The lowest BCUT2D eigenvalue weighted by atomic mass is 10.1. The van der Waals surface area contributed by atoms with Gasteiger partial charge >= 0.3 is 0 Å². The van der Waals surface area contributed by atoms with Gasteiger partial charge in [0.15, 0.2) is 0 Å². The van der Waals surface area contributed by atoms with Crippen LogP contribution in [0.2, 0.25) is 0 Å². The number of benzene rings is 1. The van der Waals surface area contributed by atoms with Crippen LogP contribution in [0.3, 0.4) is 0 Å². The van der Waals surface area contributed by atoms with Gasteiger partial charge in [0.25, 0.3) is 5.91 Å². The zero-order valence-electron chi connectivity index (χ0n) is 11.8. The lowest BCUT2D eigenvalue weighted by molar-refractivity contribution is 0.0938. The van der Waals surface area contributed by atoms with Gasteiger partial charge in [-0.1, -0.05) is 6.07 Å². The highest BCUT2D eigenvalue weighted by Crippen LogP contribution is 2.27. The normalized spacial score (nSPS) is 10.2. The van der Waals surface area contributed by atoms with Gasteiger partial charge in [0, 0.05) is 19.0 Å². The van der Waals surface area contributed by atoms with Crippen molar-refractivity contribution in [3.05, 3.63) is 23.8 Å². The van der Waals surface area contributed by atoms with Gasteiger partial charge in [-0.15, -0.1) is 11.6 Å². The lowest BCUT2D eigenvalue weighted by Crippen LogP contribution is -2.26. The molecule has 0 aliphatic rings. The zero-order valence-corrected chi connectivity index (χ0v) is 12.5. The second-order valence-electron chi connectivity index (χ2n) is 3.95. The van der Waals surface area contributed by atoms with Crippen LogP contribution in [-0.4, -0.2) is 45.8 Å². The number of hydrogen-bond donors (Lipinski definition) is 1. The summed E-state index contributed by atoms with van der Waals surface area (Å²) < 4.78 is 15.6. The lowest BCUT2D eigenvalue weighted by Gasteiger charge is -2.12. The van der Waals surface area contributed by atoms with Crippen molar-refractivity contribution in [2.45, 2.75) is 6.42 Å². The number of carbonyl (C=O) groups is 1. The molecule has 0 saturated heterocycles. The molecule has 0 atom stereocenters. The number of rotatable bonds is 9. The minimum absolute atomic E-state index is 0.225. The van der Waals surface area contributed by atoms with E-state index in [0.717, 1.165) is 6.42 Å². The minimum Gasteiger partial charge on any atom is -0.496 e. The van der Waals surface area contributed by atoms with Gasteiger partial charge in [0.05, 0.1) is 20.8 Å². The van der Waals surface area contributed by atoms with E-state index < -0.39 is 0 Å². The van der Waals surface area contributed by atoms with E-state index in [1.165, 1.54) is 14.2 Å². The summed E-state index contributed by atoms with van der Waals surface area (Å²) >= 11 is 5.49. The molecule has 0 bridgehead atoms. The molecule has 112 valence electrons. The van der Waals surface area contributed by atoms with Gasteiger partial charge in [-0.05, 0) is 18.6 Å². The van der Waals surface area contributed by atoms with E-state index >= 15 is 0 Å². The third-order valence-electron chi connectivity index (χ3n) is 2.63. The molecule has 0 spiro atoms. The van der Waals surface area contributed by atoms with Gasteiger partial charge < -0.3 is 19.5 Å². The Labute approximate surface area is 124 Å². The quantitative estimate of drug-likeness (QED) is 0.560. The molecule has 0 unspecified atom stereocenters. The van der Waals surface area contributed by atoms with Crippen LogP contribution in [0.1, 0.15) is 16.8 Å². The van der Waals surface area contributed by atoms with Gasteiger partial charge in [-0.2, -0.15) is 0 Å². The second-order valence-corrected chi connectivity index (χ2v) is 4.33. The molecule has 1 amide bonds. The van der Waals surface area contributed by atoms with Crippen molar-refractivity contribution < 1.29 is 19.0 Å². The molecule has 1 N–H and O–H groups in total. The van der Waals surface area contributed by atoms with Gasteiger partial charge in [-0.25, -0.2) is 0 Å². The fraction of sp³-hybridized carbons (Fsp3) is 0.500. The van der Waals surface area contributed by atoms with E-state index in [2.05, 4.69) is 5.32 Å². The van der Waals surface area contributed by atoms with Crippen molar-refractivity contribution in [2.75, 3.05) is 39.9 Å². The summed E-state index contributed by atoms with van der Waals surface area (Å²) in [5.41, 5.74) is 0.402. The van der Waals surface area contributed by atoms with Crippen LogP contribution in [0.25, 0.3) is 0 Å². The maximum atomic E-state index is 12.2. The first kappa shape index (κ1) is 16.6. The van der Waals surface area contributed by atoms with Crippen molar-refractivity contribution in [2.24, 2.45) is 0 Å². The number of hydrogen-bond acceptors (Lipinski definition) is 4. The molecule has 0 heterocycles. The van der Waals surface area contributed by atoms with Crippen LogP contribution in [-0.2, 0) is 4.74 Å². The van der Waals surface area contributed by atoms with Crippen molar-refractivity contribution >= 4 is 17.5 Å². The minimum atomic E-state index is -0.225. The molecule has 0 fully saturated rings. The molecule has 1 aromatic rings. The Morgan fingerprint density at radius 2 is 1.85 bits per heavy atom. The standard InChI is InChI=1S/C14H20ClNO4/c1-18-11-5-3-6-12(19-2)13(11)14(17)16-8-4-9-20-10-7-15/h3,5-6H,4,7-10H2,1-2H3,(H,16,17). The van der Waals surface area contributed by atoms with Crippen LogP contribution < -0.4 is 14.8 Å². The van der Waals surface area contributed by atoms with E-state index in [1.54, 1.807) is 18.2 Å². The van der Waals surface area contributed by atoms with Gasteiger partial charge in [0.1, 0.15) is 17.1 Å². The number of ether oxygens (including phenoxy) is 3. The Hall–Kier alpha value is -1.46. The van der Waals surface area contributed by atoms with Crippen molar-refractivity contribution in [3.63, 3.8) is 0 Å². The first-order valence-electron chi connectivity index (χ1n) is 6.37. The number of halogens is 1. The average molecular weight is 302 g/mol. The van der Waals surface area contributed by atoms with E-state index in [-0.39, 0.29) is 5.91 Å². The van der Waals surface area contributed by atoms with Crippen molar-refractivity contribution in [3.8, 4) is 11.5 Å². The Kier molecular flexibility index (Phi) is 7.84. The topological polar surface area (TPSA) is 56.8 Å². The van der Waals surface area contributed by atoms with Gasteiger partial charge in [-0.3, -0.25) is 4.79 Å². The molecule has 1 aromatic carbocycles. The first-order chi connectivity index (χ1) is 9.74. The molecule has 1 rings (SSSR count). The summed E-state index contributed by atoms with van der Waals surface area (Å²) in [5.74, 6) is 1.22. The average Bonchev–Trinajstić information content (AvgIpc) is 2.49. The maximum absolute atomic E-state index is 12.2. The summed E-state index contributed by atoms with van der Waals surface area (Å²) in [5, 5.41) is 2.81. The van der Waals surface area contributed by atoms with Crippen LogP contribution in [0.15, 0.2) is 18.2 Å². The molecule has 0 saturated carbocycles. The Morgan fingerprint density at radius 1 is 1.20 bits per heavy atom. The Balaban J connectivity index is 2.54. The number of alkyl halides is 1. The number of carbonyl (C=O) groups excluding carboxylic acids is 1. The molecule has 5 nitrogen and oxygen atoms in total. The van der Waals surface area contributed by atoms with Crippen LogP contribution in [0.4, 0.5) is 0 Å². The zero-order chi connectivity index (χ0) is 14.8. The van der Waals surface area contributed by atoms with E-state index in [0.29, 0.717) is 42.7 Å². The third kappa shape index (κ3) is 4.90. The Morgan fingerprint density at radius 3 is 2.40 bits per heavy atom. The molecule has 0 aromatic heterocycles. The van der Waals surface area contributed by atoms with E-state index in [1.807, 2.05) is 0 Å². The predicted molar refractivity (Wildman–Crippen MR) is 78.0 cm³/mol. The van der Waals surface area contributed by atoms with E-state index in [4.69, 9.17) is 25.8 Å². The number of nitrogens with one attached hydrogen (secondary N) is 1. The fourth-order valence-corrected chi connectivity index (χ4v) is 1.81. The van der Waals surface area contributed by atoms with Crippen LogP contribution in [0, 0.1) is 0 Å². The number of amides is 1. The summed E-state index contributed by atoms with van der Waals surface area (Å²) in [6.45, 7) is 1.61. The summed E-state index contributed by atoms with van der Waals surface area (Å²) in [6, 6.07) is 5.22. The SMILES string of the molecule is COc1cccc(OC)c1C(=O)NCCCOCCCl. The van der Waals surface area contributed by atoms with Crippen molar-refractivity contribution in [1.29, 1.82) is 0 Å². The summed E-state index contributed by atoms with van der Waals surface area (Å²) in [6.07, 6.45) is 0.722. The van der Waals surface area contributed by atoms with Crippen LogP contribution in [0.5, 0.6) is 11.5 Å². The smallest absolute Gasteiger partial charge is 0.258 e. The monoisotopic (exact) mass is 301 g/mol. The largest absolute Gasteiger partial charge is 0.496 e. The van der Waals surface area contributed by atoms with Crippen molar-refractivity contribution in [1.82, 2.24) is 5.32 Å². The molecule has 0 aliphatic heterocycles. The summed E-state index contributed by atoms with van der Waals surface area (Å²) in [7, 11) is 3.04. The molecular formula is C14H20ClNO4. The second kappa shape index (κ2) is 9.44. The third-order valence-corrected chi connectivity index (χ3v) is 2.78. The highest BCUT2D eigenvalue weighted by Gasteiger charge is 2.17. The van der Waals surface area contributed by atoms with Gasteiger partial charge in [0.2, 0.25) is 0 Å². The predicted octanol–water partition coefficient (Wildman–Crippen LogP) is 2.08. The number of methoxy groups -OCH3 is 2. The first-order valence-corrected chi connectivity index (χ1v) is 6.91. The highest BCUT2D eigenvalue weighted by molar-refractivity contribution is 6.17. The van der Waals surface area contributed by atoms with E-state index in [9.17, 15) is 4.79 Å². The molecule has 0 aliphatic carbocycles.